The summed E-state index contributed by atoms with van der Waals surface area (Å²) in [7, 11) is 1.62. The zero-order valence-electron chi connectivity index (χ0n) is 14.3. The largest absolute Gasteiger partial charge is 0.497 e. The summed E-state index contributed by atoms with van der Waals surface area (Å²) in [4.78, 5) is 25.1. The van der Waals surface area contributed by atoms with Gasteiger partial charge in [0.05, 0.1) is 7.11 Å². The van der Waals surface area contributed by atoms with Crippen LogP contribution < -0.4 is 4.74 Å². The molecule has 2 rings (SSSR count). The molecule has 5 heteroatoms. The van der Waals surface area contributed by atoms with Gasteiger partial charge in [-0.15, -0.1) is 0 Å². The van der Waals surface area contributed by atoms with E-state index in [1.165, 1.54) is 0 Å². The van der Waals surface area contributed by atoms with Gasteiger partial charge in [0.15, 0.2) is 0 Å². The number of rotatable bonds is 6. The van der Waals surface area contributed by atoms with Gasteiger partial charge in [-0.1, -0.05) is 12.1 Å². The highest BCUT2D eigenvalue weighted by molar-refractivity contribution is 5.95. The van der Waals surface area contributed by atoms with Gasteiger partial charge in [-0.05, 0) is 55.4 Å². The van der Waals surface area contributed by atoms with Gasteiger partial charge in [-0.25, -0.2) is 0 Å². The van der Waals surface area contributed by atoms with Crippen LogP contribution in [0.3, 0.4) is 0 Å². The summed E-state index contributed by atoms with van der Waals surface area (Å²) in [5.74, 6) is 0.270. The molecule has 1 unspecified atom stereocenters. The van der Waals surface area contributed by atoms with E-state index in [1.807, 2.05) is 36.1 Å². The molecule has 0 bridgehead atoms. The Morgan fingerprint density at radius 3 is 2.92 bits per heavy atom. The molecule has 1 amide bonds. The number of carboxylic acids is 1. The van der Waals surface area contributed by atoms with E-state index >= 15 is 0 Å². The molecule has 0 radical (unpaired) electrons. The lowest BCUT2D eigenvalue weighted by Gasteiger charge is -2.32. The van der Waals surface area contributed by atoms with Crippen molar-refractivity contribution >= 4 is 17.4 Å². The summed E-state index contributed by atoms with van der Waals surface area (Å²) in [6.07, 6.45) is 4.40. The van der Waals surface area contributed by atoms with Crippen molar-refractivity contribution in [2.24, 2.45) is 5.92 Å². The highest BCUT2D eigenvalue weighted by Gasteiger charge is 2.23. The fourth-order valence-corrected chi connectivity index (χ4v) is 3.06. The summed E-state index contributed by atoms with van der Waals surface area (Å²) in [5, 5.41) is 8.81. The number of carboxylic acid groups (broad SMARTS) is 1. The number of amides is 1. The van der Waals surface area contributed by atoms with Crippen LogP contribution in [0.5, 0.6) is 5.75 Å². The second-order valence-electron chi connectivity index (χ2n) is 6.28. The summed E-state index contributed by atoms with van der Waals surface area (Å²) in [6, 6.07) is 7.63. The maximum atomic E-state index is 12.5. The minimum Gasteiger partial charge on any atom is -0.497 e. The van der Waals surface area contributed by atoms with E-state index < -0.39 is 5.97 Å². The first-order chi connectivity index (χ1) is 11.5. The Bertz CT molecular complexity index is 624. The van der Waals surface area contributed by atoms with Crippen molar-refractivity contribution in [2.75, 3.05) is 20.2 Å². The summed E-state index contributed by atoms with van der Waals surface area (Å²) < 4.78 is 5.22. The second kappa shape index (κ2) is 8.52. The lowest BCUT2D eigenvalue weighted by atomic mass is 9.93. The Hall–Kier alpha value is -2.30. The minimum absolute atomic E-state index is 0.00431. The lowest BCUT2D eigenvalue weighted by molar-refractivity contribution is -0.137. The molecular formula is C19H25NO4. The monoisotopic (exact) mass is 331 g/mol. The van der Waals surface area contributed by atoms with Crippen molar-refractivity contribution in [1.29, 1.82) is 0 Å². The topological polar surface area (TPSA) is 66.8 Å². The summed E-state index contributed by atoms with van der Waals surface area (Å²) in [6.45, 7) is 3.30. The molecule has 0 aliphatic carbocycles. The Morgan fingerprint density at radius 2 is 2.21 bits per heavy atom. The molecular weight excluding hydrogens is 306 g/mol. The molecule has 130 valence electrons. The number of carbonyl (C=O) groups excluding carboxylic acids is 1. The Labute approximate surface area is 142 Å². The van der Waals surface area contributed by atoms with Gasteiger partial charge < -0.3 is 14.7 Å². The van der Waals surface area contributed by atoms with Gasteiger partial charge in [-0.3, -0.25) is 9.59 Å². The minimum atomic E-state index is -0.771. The molecule has 1 aromatic carbocycles. The van der Waals surface area contributed by atoms with Crippen LogP contribution in [0.25, 0.3) is 5.57 Å². The predicted octanol–water partition coefficient (Wildman–Crippen LogP) is 3.20. The number of aliphatic carboxylic acids is 1. The van der Waals surface area contributed by atoms with Crippen LogP contribution in [0, 0.1) is 5.92 Å². The van der Waals surface area contributed by atoms with Crippen molar-refractivity contribution in [2.45, 2.75) is 32.6 Å². The number of hydrogen-bond donors (Lipinski definition) is 1. The molecule has 1 aromatic rings. The molecule has 1 heterocycles. The van der Waals surface area contributed by atoms with E-state index in [0.29, 0.717) is 13.0 Å². The lowest BCUT2D eigenvalue weighted by Crippen LogP contribution is -2.39. The number of benzene rings is 1. The zero-order chi connectivity index (χ0) is 17.5. The van der Waals surface area contributed by atoms with Gasteiger partial charge in [0.25, 0.3) is 0 Å². The third-order valence-electron chi connectivity index (χ3n) is 4.46. The fourth-order valence-electron chi connectivity index (χ4n) is 3.06. The molecule has 0 saturated carbocycles. The van der Waals surface area contributed by atoms with Crippen molar-refractivity contribution in [1.82, 2.24) is 4.90 Å². The van der Waals surface area contributed by atoms with Crippen molar-refractivity contribution in [3.05, 3.63) is 35.9 Å². The van der Waals surface area contributed by atoms with Crippen LogP contribution in [0.15, 0.2) is 30.3 Å². The predicted molar refractivity (Wildman–Crippen MR) is 92.8 cm³/mol. The smallest absolute Gasteiger partial charge is 0.303 e. The number of carbonyl (C=O) groups is 2. The number of nitrogens with zero attached hydrogens (tertiary/aromatic N) is 1. The average Bonchev–Trinajstić information content (AvgIpc) is 2.60. The molecule has 1 fully saturated rings. The van der Waals surface area contributed by atoms with Crippen molar-refractivity contribution in [3.63, 3.8) is 0 Å². The van der Waals surface area contributed by atoms with Crippen LogP contribution in [-0.4, -0.2) is 42.1 Å². The highest BCUT2D eigenvalue weighted by atomic mass is 16.5. The summed E-state index contributed by atoms with van der Waals surface area (Å²) in [5.41, 5.74) is 1.86. The van der Waals surface area contributed by atoms with Crippen molar-refractivity contribution < 1.29 is 19.4 Å². The van der Waals surface area contributed by atoms with E-state index in [-0.39, 0.29) is 18.2 Å². The maximum absolute atomic E-state index is 12.5. The number of ether oxygens (including phenoxy) is 1. The second-order valence-corrected chi connectivity index (χ2v) is 6.28. The van der Waals surface area contributed by atoms with Gasteiger partial charge in [-0.2, -0.15) is 0 Å². The first kappa shape index (κ1) is 18.0. The van der Waals surface area contributed by atoms with Crippen LogP contribution >= 0.6 is 0 Å². The average molecular weight is 331 g/mol. The van der Waals surface area contributed by atoms with E-state index in [9.17, 15) is 9.59 Å². The van der Waals surface area contributed by atoms with E-state index in [4.69, 9.17) is 9.84 Å². The number of piperidine rings is 1. The highest BCUT2D eigenvalue weighted by Crippen LogP contribution is 2.23. The molecule has 1 aliphatic rings. The van der Waals surface area contributed by atoms with E-state index in [2.05, 4.69) is 0 Å². The molecule has 0 aromatic heterocycles. The van der Waals surface area contributed by atoms with Crippen molar-refractivity contribution in [3.8, 4) is 5.75 Å². The third kappa shape index (κ3) is 5.11. The molecule has 0 spiro atoms. The van der Waals surface area contributed by atoms with Gasteiger partial charge in [0, 0.05) is 25.6 Å². The number of likely N-dealkylation sites (tertiary alicyclic amines) is 1. The van der Waals surface area contributed by atoms with E-state index in [0.717, 1.165) is 36.3 Å². The number of methoxy groups -OCH3 is 1. The zero-order valence-corrected chi connectivity index (χ0v) is 14.3. The standard InChI is InChI=1S/C19H25NO4/c1-14(16-6-3-7-17(12-16)24-2)11-18(21)20-10-4-5-15(13-20)8-9-19(22)23/h3,6-7,11-12,15H,4-5,8-10,13H2,1-2H3,(H,22,23)/b14-11+. The van der Waals surface area contributed by atoms with Crippen LogP contribution in [0.1, 0.15) is 38.2 Å². The van der Waals surface area contributed by atoms with Gasteiger partial charge in [0.1, 0.15) is 5.75 Å². The van der Waals surface area contributed by atoms with Crippen LogP contribution in [-0.2, 0) is 9.59 Å². The Balaban J connectivity index is 2.00. The molecule has 5 nitrogen and oxygen atoms in total. The Morgan fingerprint density at radius 1 is 1.42 bits per heavy atom. The Kier molecular flexibility index (Phi) is 6.41. The first-order valence-corrected chi connectivity index (χ1v) is 8.33. The normalized spacial score (nSPS) is 18.3. The number of allylic oxidation sites excluding steroid dienone is 1. The molecule has 1 atom stereocenters. The summed E-state index contributed by atoms with van der Waals surface area (Å²) >= 11 is 0. The number of hydrogen-bond acceptors (Lipinski definition) is 3. The SMILES string of the molecule is COc1cccc(/C(C)=C/C(=O)N2CCCC(CCC(=O)O)C2)c1. The fraction of sp³-hybridized carbons (Fsp3) is 0.474. The van der Waals surface area contributed by atoms with E-state index in [1.54, 1.807) is 13.2 Å². The molecule has 1 N–H and O–H groups in total. The van der Waals surface area contributed by atoms with Crippen LogP contribution in [0.4, 0.5) is 0 Å². The first-order valence-electron chi connectivity index (χ1n) is 8.33. The van der Waals surface area contributed by atoms with Gasteiger partial charge in [0.2, 0.25) is 5.91 Å². The quantitative estimate of drug-likeness (QED) is 0.813. The molecule has 1 saturated heterocycles. The molecule has 1 aliphatic heterocycles. The van der Waals surface area contributed by atoms with Crippen LogP contribution in [0.2, 0.25) is 0 Å². The molecule has 24 heavy (non-hydrogen) atoms. The third-order valence-corrected chi connectivity index (χ3v) is 4.46. The van der Waals surface area contributed by atoms with Gasteiger partial charge >= 0.3 is 5.97 Å². The maximum Gasteiger partial charge on any atom is 0.303 e.